The van der Waals surface area contributed by atoms with Gasteiger partial charge in [-0.2, -0.15) is 0 Å². The Labute approximate surface area is 114 Å². The molecule has 5 heteroatoms. The molecule has 1 aromatic carbocycles. The molecule has 92 valence electrons. The number of amides is 1. The van der Waals surface area contributed by atoms with Crippen molar-refractivity contribution in [3.63, 3.8) is 0 Å². The van der Waals surface area contributed by atoms with Gasteiger partial charge in [-0.3, -0.25) is 4.79 Å². The van der Waals surface area contributed by atoms with Crippen LogP contribution in [0.15, 0.2) is 18.2 Å². The number of hydrogen-bond donors (Lipinski definition) is 2. The Bertz CT molecular complexity index is 463. The predicted molar refractivity (Wildman–Crippen MR) is 74.2 cm³/mol. The van der Waals surface area contributed by atoms with Gasteiger partial charge in [0.25, 0.3) is 0 Å². The minimum atomic E-state index is -1.00. The summed E-state index contributed by atoms with van der Waals surface area (Å²) < 4.78 is 0.770. The van der Waals surface area contributed by atoms with Crippen LogP contribution in [0.3, 0.4) is 0 Å². The lowest BCUT2D eigenvalue weighted by molar-refractivity contribution is -0.123. The number of carbonyl (C=O) groups excluding carboxylic acids is 1. The van der Waals surface area contributed by atoms with E-state index in [-0.39, 0.29) is 11.5 Å². The van der Waals surface area contributed by atoms with Crippen LogP contribution in [0.25, 0.3) is 0 Å². The average Bonchev–Trinajstić information content (AvgIpc) is 2.14. The molecule has 0 radical (unpaired) electrons. The zero-order valence-electron chi connectivity index (χ0n) is 9.87. The molecule has 0 fully saturated rings. The van der Waals surface area contributed by atoms with Crippen molar-refractivity contribution in [2.75, 3.05) is 5.32 Å². The van der Waals surface area contributed by atoms with Gasteiger partial charge in [-0.15, -0.1) is 0 Å². The second-order valence-corrected chi connectivity index (χ2v) is 5.98. The topological polar surface area (TPSA) is 66.4 Å². The molecule has 0 aliphatic heterocycles. The lowest BCUT2D eigenvalue weighted by Gasteiger charge is -2.18. The third-order valence-electron chi connectivity index (χ3n) is 2.08. The standard InChI is InChI=1S/C12H14INO3/c1-12(2,3)11(17)14-9-5-7(10(15)16)4-8(13)6-9/h4-6H,1-3H3,(H,14,17)(H,15,16). The van der Waals surface area contributed by atoms with Crippen molar-refractivity contribution in [3.8, 4) is 0 Å². The largest absolute Gasteiger partial charge is 0.478 e. The Kier molecular flexibility index (Phi) is 4.13. The molecule has 1 amide bonds. The van der Waals surface area contributed by atoms with Gasteiger partial charge in [0.1, 0.15) is 0 Å². The highest BCUT2D eigenvalue weighted by Crippen LogP contribution is 2.20. The molecular weight excluding hydrogens is 333 g/mol. The van der Waals surface area contributed by atoms with E-state index in [1.54, 1.807) is 32.9 Å². The molecular formula is C12H14INO3. The van der Waals surface area contributed by atoms with Crippen molar-refractivity contribution in [1.29, 1.82) is 0 Å². The van der Waals surface area contributed by atoms with Crippen LogP contribution in [0, 0.1) is 8.99 Å². The van der Waals surface area contributed by atoms with E-state index < -0.39 is 11.4 Å². The van der Waals surface area contributed by atoms with Gasteiger partial charge in [0.05, 0.1) is 5.56 Å². The zero-order chi connectivity index (χ0) is 13.2. The second-order valence-electron chi connectivity index (χ2n) is 4.74. The minimum Gasteiger partial charge on any atom is -0.478 e. The van der Waals surface area contributed by atoms with E-state index in [0.717, 1.165) is 3.57 Å². The lowest BCUT2D eigenvalue weighted by atomic mass is 9.95. The Morgan fingerprint density at radius 3 is 2.29 bits per heavy atom. The van der Waals surface area contributed by atoms with E-state index >= 15 is 0 Å². The summed E-state index contributed by atoms with van der Waals surface area (Å²) in [5.74, 6) is -1.15. The number of halogens is 1. The van der Waals surface area contributed by atoms with Gasteiger partial charge in [-0.05, 0) is 40.8 Å². The molecule has 0 aliphatic carbocycles. The van der Waals surface area contributed by atoms with Crippen LogP contribution in [0.4, 0.5) is 5.69 Å². The van der Waals surface area contributed by atoms with Gasteiger partial charge >= 0.3 is 5.97 Å². The molecule has 0 saturated heterocycles. The summed E-state index contributed by atoms with van der Waals surface area (Å²) >= 11 is 2.02. The number of carbonyl (C=O) groups is 2. The smallest absolute Gasteiger partial charge is 0.335 e. The zero-order valence-corrected chi connectivity index (χ0v) is 12.0. The number of anilines is 1. The molecule has 1 rings (SSSR count). The summed E-state index contributed by atoms with van der Waals surface area (Å²) in [5.41, 5.74) is 0.167. The van der Waals surface area contributed by atoms with Crippen LogP contribution >= 0.6 is 22.6 Å². The van der Waals surface area contributed by atoms with Gasteiger partial charge in [0.15, 0.2) is 0 Å². The summed E-state index contributed by atoms with van der Waals surface area (Å²) in [6, 6.07) is 4.74. The Morgan fingerprint density at radius 2 is 1.82 bits per heavy atom. The van der Waals surface area contributed by atoms with E-state index in [2.05, 4.69) is 5.32 Å². The maximum Gasteiger partial charge on any atom is 0.335 e. The number of rotatable bonds is 2. The maximum atomic E-state index is 11.8. The van der Waals surface area contributed by atoms with Crippen LogP contribution < -0.4 is 5.32 Å². The number of carboxylic acids is 1. The molecule has 1 aromatic rings. The van der Waals surface area contributed by atoms with Crippen molar-refractivity contribution >= 4 is 40.2 Å². The monoisotopic (exact) mass is 347 g/mol. The first-order chi connectivity index (χ1) is 7.70. The maximum absolute atomic E-state index is 11.8. The third kappa shape index (κ3) is 3.99. The molecule has 4 nitrogen and oxygen atoms in total. The number of carboxylic acid groups (broad SMARTS) is 1. The van der Waals surface area contributed by atoms with Crippen molar-refractivity contribution in [1.82, 2.24) is 0 Å². The lowest BCUT2D eigenvalue weighted by Crippen LogP contribution is -2.27. The first kappa shape index (κ1) is 14.0. The normalized spacial score (nSPS) is 11.1. The van der Waals surface area contributed by atoms with E-state index in [1.165, 1.54) is 6.07 Å². The molecule has 17 heavy (non-hydrogen) atoms. The van der Waals surface area contributed by atoms with E-state index in [4.69, 9.17) is 5.11 Å². The minimum absolute atomic E-state index is 0.143. The molecule has 0 heterocycles. The fourth-order valence-corrected chi connectivity index (χ4v) is 1.77. The van der Waals surface area contributed by atoms with E-state index in [9.17, 15) is 9.59 Å². The molecule has 0 aliphatic rings. The molecule has 0 saturated carbocycles. The molecule has 0 atom stereocenters. The number of hydrogen-bond acceptors (Lipinski definition) is 2. The number of nitrogens with one attached hydrogen (secondary N) is 1. The van der Waals surface area contributed by atoms with Gasteiger partial charge < -0.3 is 10.4 Å². The van der Waals surface area contributed by atoms with Crippen molar-refractivity contribution < 1.29 is 14.7 Å². The summed E-state index contributed by atoms with van der Waals surface area (Å²) in [5, 5.41) is 11.6. The fourth-order valence-electron chi connectivity index (χ4n) is 1.10. The second kappa shape index (κ2) is 5.03. The van der Waals surface area contributed by atoms with E-state index in [1.807, 2.05) is 22.6 Å². The summed E-state index contributed by atoms with van der Waals surface area (Å²) in [4.78, 5) is 22.6. The van der Waals surface area contributed by atoms with Gasteiger partial charge in [0, 0.05) is 14.7 Å². The quantitative estimate of drug-likeness (QED) is 0.809. The van der Waals surface area contributed by atoms with Crippen LogP contribution in [0.5, 0.6) is 0 Å². The third-order valence-corrected chi connectivity index (χ3v) is 2.71. The van der Waals surface area contributed by atoms with Crippen molar-refractivity contribution in [2.24, 2.45) is 5.41 Å². The Hall–Kier alpha value is -1.11. The SMILES string of the molecule is CC(C)(C)C(=O)Nc1cc(I)cc(C(=O)O)c1. The van der Waals surface area contributed by atoms with Crippen LogP contribution in [-0.4, -0.2) is 17.0 Å². The first-order valence-electron chi connectivity index (χ1n) is 5.05. The highest BCUT2D eigenvalue weighted by molar-refractivity contribution is 14.1. The molecule has 0 bridgehead atoms. The van der Waals surface area contributed by atoms with Crippen molar-refractivity contribution in [3.05, 3.63) is 27.3 Å². The van der Waals surface area contributed by atoms with Crippen molar-refractivity contribution in [2.45, 2.75) is 20.8 Å². The highest BCUT2D eigenvalue weighted by atomic mass is 127. The fraction of sp³-hybridized carbons (Fsp3) is 0.333. The highest BCUT2D eigenvalue weighted by Gasteiger charge is 2.21. The predicted octanol–water partition coefficient (Wildman–Crippen LogP) is 2.97. The number of benzene rings is 1. The van der Waals surface area contributed by atoms with Gasteiger partial charge in [-0.1, -0.05) is 20.8 Å². The Morgan fingerprint density at radius 1 is 1.24 bits per heavy atom. The molecule has 0 spiro atoms. The molecule has 2 N–H and O–H groups in total. The van der Waals surface area contributed by atoms with Crippen LogP contribution in [0.1, 0.15) is 31.1 Å². The average molecular weight is 347 g/mol. The summed E-state index contributed by atoms with van der Waals surface area (Å²) in [6.45, 7) is 5.40. The molecule has 0 aromatic heterocycles. The molecule has 0 unspecified atom stereocenters. The summed E-state index contributed by atoms with van der Waals surface area (Å²) in [6.07, 6.45) is 0. The first-order valence-corrected chi connectivity index (χ1v) is 6.13. The van der Waals surface area contributed by atoms with Crippen LogP contribution in [0.2, 0.25) is 0 Å². The van der Waals surface area contributed by atoms with E-state index in [0.29, 0.717) is 5.69 Å². The van der Waals surface area contributed by atoms with Crippen LogP contribution in [-0.2, 0) is 4.79 Å². The summed E-state index contributed by atoms with van der Waals surface area (Å²) in [7, 11) is 0. The van der Waals surface area contributed by atoms with Gasteiger partial charge in [-0.25, -0.2) is 4.79 Å². The number of aromatic carboxylic acids is 1. The Balaban J connectivity index is 3.00. The van der Waals surface area contributed by atoms with Gasteiger partial charge in [0.2, 0.25) is 5.91 Å².